The Hall–Kier alpha value is -0.560. The van der Waals surface area contributed by atoms with Crippen LogP contribution in [0.4, 0.5) is 0 Å². The normalized spacial score (nSPS) is 17.4. The third-order valence-corrected chi connectivity index (χ3v) is 4.43. The van der Waals surface area contributed by atoms with Crippen molar-refractivity contribution in [2.45, 2.75) is 25.3 Å². The summed E-state index contributed by atoms with van der Waals surface area (Å²) in [7, 11) is 2.19. The Labute approximate surface area is 176 Å². The lowest BCUT2D eigenvalue weighted by molar-refractivity contribution is -0.121. The lowest BCUT2D eigenvalue weighted by Gasteiger charge is -2.40. The molecular weight excluding hydrogens is 395 g/mol. The van der Waals surface area contributed by atoms with Crippen LogP contribution in [0.25, 0.3) is 0 Å². The largest absolute Gasteiger partial charge is 0.356 e. The van der Waals surface area contributed by atoms with E-state index < -0.39 is 0 Å². The molecule has 152 valence electrons. The molecule has 0 aliphatic carbocycles. The second kappa shape index (κ2) is 15.5. The molecule has 3 N–H and O–H groups in total. The Balaban J connectivity index is 0. The number of halogens is 3. The Morgan fingerprint density at radius 3 is 2.50 bits per heavy atom. The van der Waals surface area contributed by atoms with Gasteiger partial charge in [0.2, 0.25) is 5.91 Å². The zero-order valence-electron chi connectivity index (χ0n) is 15.4. The van der Waals surface area contributed by atoms with Crippen LogP contribution in [-0.4, -0.2) is 62.0 Å². The monoisotopic (exact) mass is 426 g/mol. The number of rotatable bonds is 8. The molecule has 1 heterocycles. The molecule has 1 amide bonds. The van der Waals surface area contributed by atoms with Crippen LogP contribution in [-0.2, 0) is 4.79 Å². The predicted octanol–water partition coefficient (Wildman–Crippen LogP) is 2.49. The fourth-order valence-corrected chi connectivity index (χ4v) is 3.08. The van der Waals surface area contributed by atoms with E-state index in [1.165, 1.54) is 5.56 Å². The van der Waals surface area contributed by atoms with Crippen molar-refractivity contribution in [3.8, 4) is 0 Å². The highest BCUT2D eigenvalue weighted by Gasteiger charge is 2.25. The van der Waals surface area contributed by atoms with Gasteiger partial charge in [0.1, 0.15) is 0 Å². The van der Waals surface area contributed by atoms with Crippen molar-refractivity contribution in [3.05, 3.63) is 35.9 Å². The number of piperazine rings is 1. The minimum absolute atomic E-state index is 0. The first-order chi connectivity index (χ1) is 11.2. The van der Waals surface area contributed by atoms with E-state index in [1.54, 1.807) is 0 Å². The van der Waals surface area contributed by atoms with Gasteiger partial charge in [-0.05, 0) is 32.0 Å². The fraction of sp³-hybridized carbons (Fsp3) is 0.611. The number of benzene rings is 1. The van der Waals surface area contributed by atoms with Gasteiger partial charge < -0.3 is 16.0 Å². The van der Waals surface area contributed by atoms with Gasteiger partial charge in [0.15, 0.2) is 0 Å². The molecule has 0 radical (unpaired) electrons. The van der Waals surface area contributed by atoms with Crippen LogP contribution in [0.2, 0.25) is 0 Å². The van der Waals surface area contributed by atoms with Gasteiger partial charge in [0, 0.05) is 45.2 Å². The van der Waals surface area contributed by atoms with Crippen LogP contribution in [0.15, 0.2) is 30.3 Å². The first-order valence-electron chi connectivity index (χ1n) is 8.65. The van der Waals surface area contributed by atoms with Crippen LogP contribution >= 0.6 is 37.2 Å². The summed E-state index contributed by atoms with van der Waals surface area (Å²) in [6.45, 7) is 5.59. The van der Waals surface area contributed by atoms with Gasteiger partial charge >= 0.3 is 0 Å². The molecular formula is C18H33Cl3N4O. The van der Waals surface area contributed by atoms with E-state index in [9.17, 15) is 4.79 Å². The van der Waals surface area contributed by atoms with Gasteiger partial charge in [-0.2, -0.15) is 0 Å². The third-order valence-electron chi connectivity index (χ3n) is 4.43. The number of nitrogens with two attached hydrogens (primary N) is 1. The van der Waals surface area contributed by atoms with E-state index in [0.29, 0.717) is 19.0 Å². The number of hydrogen-bond donors (Lipinski definition) is 2. The van der Waals surface area contributed by atoms with Gasteiger partial charge in [-0.25, -0.2) is 0 Å². The average molecular weight is 428 g/mol. The molecule has 1 aromatic carbocycles. The Kier molecular flexibility index (Phi) is 16.5. The van der Waals surface area contributed by atoms with Crippen LogP contribution < -0.4 is 11.1 Å². The van der Waals surface area contributed by atoms with Crippen LogP contribution in [0, 0.1) is 0 Å². The molecule has 1 saturated heterocycles. The lowest BCUT2D eigenvalue weighted by Crippen LogP contribution is -2.47. The molecule has 1 unspecified atom stereocenters. The SMILES string of the molecule is CN1CCN(CCCNC(=O)CCCN)C(c2ccccc2)C1.Cl.Cl.Cl. The fourth-order valence-electron chi connectivity index (χ4n) is 3.08. The van der Waals surface area contributed by atoms with Crippen molar-refractivity contribution in [1.29, 1.82) is 0 Å². The molecule has 0 aromatic heterocycles. The molecule has 26 heavy (non-hydrogen) atoms. The Morgan fingerprint density at radius 1 is 1.15 bits per heavy atom. The van der Waals surface area contributed by atoms with E-state index in [2.05, 4.69) is 52.5 Å². The van der Waals surface area contributed by atoms with Crippen molar-refractivity contribution in [2.75, 3.05) is 46.3 Å². The standard InChI is InChI=1S/C18H30N4O.3ClH/c1-21-13-14-22(12-6-11-20-18(23)9-5-10-19)17(15-21)16-7-3-2-4-8-16;;;/h2-4,7-8,17H,5-6,9-15,19H2,1H3,(H,20,23);3*1H. The van der Waals surface area contributed by atoms with Crippen molar-refractivity contribution in [3.63, 3.8) is 0 Å². The van der Waals surface area contributed by atoms with Gasteiger partial charge in [0.05, 0.1) is 0 Å². The summed E-state index contributed by atoms with van der Waals surface area (Å²) in [6, 6.07) is 11.2. The topological polar surface area (TPSA) is 61.6 Å². The highest BCUT2D eigenvalue weighted by Crippen LogP contribution is 2.24. The molecule has 1 fully saturated rings. The smallest absolute Gasteiger partial charge is 0.220 e. The van der Waals surface area contributed by atoms with Gasteiger partial charge in [-0.3, -0.25) is 9.69 Å². The maximum Gasteiger partial charge on any atom is 0.220 e. The highest BCUT2D eigenvalue weighted by atomic mass is 35.5. The maximum absolute atomic E-state index is 11.6. The lowest BCUT2D eigenvalue weighted by atomic mass is 10.0. The molecule has 0 bridgehead atoms. The summed E-state index contributed by atoms with van der Waals surface area (Å²) in [5, 5.41) is 2.99. The second-order valence-corrected chi connectivity index (χ2v) is 6.32. The van der Waals surface area contributed by atoms with Crippen molar-refractivity contribution in [2.24, 2.45) is 5.73 Å². The number of carbonyl (C=O) groups excluding carboxylic acids is 1. The minimum atomic E-state index is 0. The number of hydrogen-bond acceptors (Lipinski definition) is 4. The first-order valence-corrected chi connectivity index (χ1v) is 8.65. The number of nitrogens with zero attached hydrogens (tertiary/aromatic N) is 2. The molecule has 0 spiro atoms. The highest BCUT2D eigenvalue weighted by molar-refractivity contribution is 5.86. The van der Waals surface area contributed by atoms with Crippen molar-refractivity contribution < 1.29 is 4.79 Å². The molecule has 1 aromatic rings. The number of nitrogens with one attached hydrogen (secondary N) is 1. The zero-order chi connectivity index (χ0) is 16.5. The van der Waals surface area contributed by atoms with E-state index in [0.717, 1.165) is 45.6 Å². The second-order valence-electron chi connectivity index (χ2n) is 6.32. The molecule has 1 atom stereocenters. The minimum Gasteiger partial charge on any atom is -0.356 e. The molecule has 1 aliphatic heterocycles. The predicted molar refractivity (Wildman–Crippen MR) is 116 cm³/mol. The van der Waals surface area contributed by atoms with E-state index in [1.807, 2.05) is 0 Å². The van der Waals surface area contributed by atoms with E-state index >= 15 is 0 Å². The number of carbonyl (C=O) groups is 1. The molecule has 0 saturated carbocycles. The van der Waals surface area contributed by atoms with E-state index in [4.69, 9.17) is 5.73 Å². The van der Waals surface area contributed by atoms with Crippen LogP contribution in [0.1, 0.15) is 30.9 Å². The van der Waals surface area contributed by atoms with Gasteiger partial charge in [-0.15, -0.1) is 37.2 Å². The number of amides is 1. The van der Waals surface area contributed by atoms with Crippen molar-refractivity contribution in [1.82, 2.24) is 15.1 Å². The van der Waals surface area contributed by atoms with Gasteiger partial charge in [-0.1, -0.05) is 30.3 Å². The molecule has 2 rings (SSSR count). The molecule has 1 aliphatic rings. The summed E-state index contributed by atoms with van der Waals surface area (Å²) < 4.78 is 0. The van der Waals surface area contributed by atoms with Gasteiger partial charge in [0.25, 0.3) is 0 Å². The summed E-state index contributed by atoms with van der Waals surface area (Å²) in [5.74, 6) is 0.119. The quantitative estimate of drug-likeness (QED) is 0.626. The van der Waals surface area contributed by atoms with Crippen LogP contribution in [0.3, 0.4) is 0 Å². The van der Waals surface area contributed by atoms with Crippen LogP contribution in [0.5, 0.6) is 0 Å². The molecule has 5 nitrogen and oxygen atoms in total. The summed E-state index contributed by atoms with van der Waals surface area (Å²) >= 11 is 0. The summed E-state index contributed by atoms with van der Waals surface area (Å²) in [4.78, 5) is 16.5. The molecule has 8 heteroatoms. The first kappa shape index (κ1) is 27.7. The summed E-state index contributed by atoms with van der Waals surface area (Å²) in [6.07, 6.45) is 2.29. The zero-order valence-corrected chi connectivity index (χ0v) is 17.9. The van der Waals surface area contributed by atoms with Crippen molar-refractivity contribution >= 4 is 43.1 Å². The Morgan fingerprint density at radius 2 is 1.85 bits per heavy atom. The number of likely N-dealkylation sites (N-methyl/N-ethyl adjacent to an activating group) is 1. The van der Waals surface area contributed by atoms with E-state index in [-0.39, 0.29) is 43.1 Å². The summed E-state index contributed by atoms with van der Waals surface area (Å²) in [5.41, 5.74) is 6.80. The Bertz CT molecular complexity index is 479. The third kappa shape index (κ3) is 9.40. The maximum atomic E-state index is 11.6. The average Bonchev–Trinajstić information content (AvgIpc) is 2.58.